The van der Waals surface area contributed by atoms with Crippen molar-refractivity contribution in [2.45, 2.75) is 25.9 Å². The minimum absolute atomic E-state index is 0.0400. The van der Waals surface area contributed by atoms with Crippen LogP contribution in [0.3, 0.4) is 0 Å². The standard InChI is InChI=1S/C20H21FN4O3/c21-15-8-14-10-25(11-18(14)22-9-15)20(27)24-17-3-1-16(2-4-17)23-19(26)7-13-5-6-28-12-13/h1-4,8-9,13H,5-7,10-12H2,(H,23,26)(H,24,27). The van der Waals surface area contributed by atoms with Crippen LogP contribution in [0.25, 0.3) is 0 Å². The summed E-state index contributed by atoms with van der Waals surface area (Å²) in [5, 5.41) is 5.67. The highest BCUT2D eigenvalue weighted by Gasteiger charge is 2.25. The fourth-order valence-electron chi connectivity index (χ4n) is 3.43. The first-order valence-electron chi connectivity index (χ1n) is 9.24. The van der Waals surface area contributed by atoms with Gasteiger partial charge >= 0.3 is 6.03 Å². The highest BCUT2D eigenvalue weighted by atomic mass is 19.1. The van der Waals surface area contributed by atoms with Crippen molar-refractivity contribution in [2.75, 3.05) is 23.8 Å². The Morgan fingerprint density at radius 3 is 2.64 bits per heavy atom. The lowest BCUT2D eigenvalue weighted by atomic mass is 10.0. The molecule has 1 aromatic heterocycles. The number of carbonyl (C=O) groups excluding carboxylic acids is 2. The number of urea groups is 1. The SMILES string of the molecule is O=C(CC1CCOC1)Nc1ccc(NC(=O)N2Cc3cc(F)cnc3C2)cc1. The maximum atomic E-state index is 13.3. The molecule has 1 unspecified atom stereocenters. The van der Waals surface area contributed by atoms with Crippen molar-refractivity contribution >= 4 is 23.3 Å². The van der Waals surface area contributed by atoms with Crippen LogP contribution < -0.4 is 10.6 Å². The molecule has 1 saturated heterocycles. The van der Waals surface area contributed by atoms with Crippen molar-refractivity contribution in [3.05, 3.63) is 53.6 Å². The van der Waals surface area contributed by atoms with Crippen molar-refractivity contribution in [1.82, 2.24) is 9.88 Å². The Morgan fingerprint density at radius 2 is 1.93 bits per heavy atom. The third-order valence-electron chi connectivity index (χ3n) is 4.93. The van der Waals surface area contributed by atoms with Gasteiger partial charge in [0, 0.05) is 37.6 Å². The van der Waals surface area contributed by atoms with Crippen molar-refractivity contribution in [3.63, 3.8) is 0 Å². The van der Waals surface area contributed by atoms with Crippen LogP contribution in [-0.2, 0) is 22.6 Å². The van der Waals surface area contributed by atoms with Crippen LogP contribution in [0.4, 0.5) is 20.6 Å². The van der Waals surface area contributed by atoms with Crippen molar-refractivity contribution in [1.29, 1.82) is 0 Å². The molecule has 3 amide bonds. The number of nitrogens with one attached hydrogen (secondary N) is 2. The van der Waals surface area contributed by atoms with Gasteiger partial charge in [-0.1, -0.05) is 0 Å². The number of benzene rings is 1. The van der Waals surface area contributed by atoms with E-state index >= 15 is 0 Å². The summed E-state index contributed by atoms with van der Waals surface area (Å²) < 4.78 is 18.5. The number of amides is 3. The zero-order chi connectivity index (χ0) is 19.5. The quantitative estimate of drug-likeness (QED) is 0.848. The Bertz CT molecular complexity index is 882. The third-order valence-corrected chi connectivity index (χ3v) is 4.93. The number of fused-ring (bicyclic) bond motifs is 1. The molecule has 1 fully saturated rings. The van der Waals surface area contributed by atoms with E-state index in [0.29, 0.717) is 43.2 Å². The van der Waals surface area contributed by atoms with E-state index in [2.05, 4.69) is 15.6 Å². The molecule has 8 heteroatoms. The number of hydrogen-bond donors (Lipinski definition) is 2. The monoisotopic (exact) mass is 384 g/mol. The molecule has 7 nitrogen and oxygen atoms in total. The molecule has 2 aliphatic heterocycles. The molecule has 1 atom stereocenters. The van der Waals surface area contributed by atoms with Crippen LogP contribution >= 0.6 is 0 Å². The van der Waals surface area contributed by atoms with E-state index in [1.807, 2.05) is 0 Å². The summed E-state index contributed by atoms with van der Waals surface area (Å²) in [5.41, 5.74) is 2.72. The number of pyridine rings is 1. The predicted octanol–water partition coefficient (Wildman–Crippen LogP) is 3.13. The first-order valence-corrected chi connectivity index (χ1v) is 9.24. The average Bonchev–Trinajstić information content (AvgIpc) is 3.32. The number of rotatable bonds is 4. The molecule has 2 aromatic rings. The number of carbonyl (C=O) groups is 2. The largest absolute Gasteiger partial charge is 0.381 e. The molecule has 28 heavy (non-hydrogen) atoms. The zero-order valence-electron chi connectivity index (χ0n) is 15.3. The number of nitrogens with zero attached hydrogens (tertiary/aromatic N) is 2. The number of ether oxygens (including phenoxy) is 1. The fraction of sp³-hybridized carbons (Fsp3) is 0.350. The lowest BCUT2D eigenvalue weighted by Crippen LogP contribution is -2.30. The number of halogens is 1. The van der Waals surface area contributed by atoms with Crippen LogP contribution in [-0.4, -0.2) is 35.0 Å². The van der Waals surface area contributed by atoms with E-state index in [1.165, 1.54) is 6.07 Å². The Labute approximate surface area is 161 Å². The van der Waals surface area contributed by atoms with E-state index < -0.39 is 5.82 Å². The van der Waals surface area contributed by atoms with Gasteiger partial charge in [-0.2, -0.15) is 0 Å². The number of aromatic nitrogens is 1. The maximum Gasteiger partial charge on any atom is 0.322 e. The zero-order valence-corrected chi connectivity index (χ0v) is 15.3. The molecule has 2 aliphatic rings. The van der Waals surface area contributed by atoms with Gasteiger partial charge in [0.15, 0.2) is 0 Å². The predicted molar refractivity (Wildman–Crippen MR) is 101 cm³/mol. The first-order chi connectivity index (χ1) is 13.6. The van der Waals surface area contributed by atoms with Gasteiger partial charge in [0.2, 0.25) is 5.91 Å². The molecule has 4 rings (SSSR count). The molecule has 146 valence electrons. The van der Waals surface area contributed by atoms with E-state index in [9.17, 15) is 14.0 Å². The summed E-state index contributed by atoms with van der Waals surface area (Å²) in [4.78, 5) is 30.1. The van der Waals surface area contributed by atoms with Gasteiger partial charge in [-0.3, -0.25) is 9.78 Å². The van der Waals surface area contributed by atoms with Crippen LogP contribution in [0.15, 0.2) is 36.5 Å². The molecular weight excluding hydrogens is 363 g/mol. The Hall–Kier alpha value is -3.00. The summed E-state index contributed by atoms with van der Waals surface area (Å²) in [6.07, 6.45) is 2.52. The summed E-state index contributed by atoms with van der Waals surface area (Å²) >= 11 is 0. The molecule has 0 saturated carbocycles. The van der Waals surface area contributed by atoms with Crippen molar-refractivity contribution in [2.24, 2.45) is 5.92 Å². The highest BCUT2D eigenvalue weighted by Crippen LogP contribution is 2.23. The molecule has 0 aliphatic carbocycles. The molecule has 2 N–H and O–H groups in total. The van der Waals surface area contributed by atoms with Crippen LogP contribution in [0.1, 0.15) is 24.1 Å². The summed E-state index contributed by atoms with van der Waals surface area (Å²) in [5.74, 6) is -0.160. The van der Waals surface area contributed by atoms with Crippen molar-refractivity contribution in [3.8, 4) is 0 Å². The van der Waals surface area contributed by atoms with Gasteiger partial charge in [-0.05, 0) is 48.2 Å². The average molecular weight is 384 g/mol. The molecule has 1 aromatic carbocycles. The molecule has 0 radical (unpaired) electrons. The second-order valence-corrected chi connectivity index (χ2v) is 7.10. The van der Waals surface area contributed by atoms with E-state index in [0.717, 1.165) is 24.8 Å². The van der Waals surface area contributed by atoms with Crippen LogP contribution in [0, 0.1) is 11.7 Å². The molecular formula is C20H21FN4O3. The highest BCUT2D eigenvalue weighted by molar-refractivity contribution is 5.92. The smallest absolute Gasteiger partial charge is 0.322 e. The Morgan fingerprint density at radius 1 is 1.18 bits per heavy atom. The second-order valence-electron chi connectivity index (χ2n) is 7.10. The van der Waals surface area contributed by atoms with Crippen molar-refractivity contribution < 1.29 is 18.7 Å². The minimum atomic E-state index is -0.404. The minimum Gasteiger partial charge on any atom is -0.381 e. The van der Waals surface area contributed by atoms with E-state index in [-0.39, 0.29) is 17.9 Å². The number of anilines is 2. The van der Waals surface area contributed by atoms with Crippen LogP contribution in [0.5, 0.6) is 0 Å². The molecule has 3 heterocycles. The normalized spacial score (nSPS) is 18.0. The van der Waals surface area contributed by atoms with Gasteiger partial charge in [-0.15, -0.1) is 0 Å². The van der Waals surface area contributed by atoms with Gasteiger partial charge in [-0.25, -0.2) is 9.18 Å². The van der Waals surface area contributed by atoms with E-state index in [4.69, 9.17) is 4.74 Å². The second kappa shape index (κ2) is 7.93. The van der Waals surface area contributed by atoms with E-state index in [1.54, 1.807) is 29.2 Å². The van der Waals surface area contributed by atoms with Gasteiger partial charge in [0.1, 0.15) is 5.82 Å². The number of hydrogen-bond acceptors (Lipinski definition) is 4. The Balaban J connectivity index is 1.29. The molecule has 0 bridgehead atoms. The summed E-state index contributed by atoms with van der Waals surface area (Å²) in [6.45, 7) is 2.03. The topological polar surface area (TPSA) is 83.6 Å². The lowest BCUT2D eigenvalue weighted by molar-refractivity contribution is -0.117. The van der Waals surface area contributed by atoms with Gasteiger partial charge < -0.3 is 20.3 Å². The Kier molecular flexibility index (Phi) is 5.21. The fourth-order valence-corrected chi connectivity index (χ4v) is 3.43. The third kappa shape index (κ3) is 4.28. The summed E-state index contributed by atoms with van der Waals surface area (Å²) in [6, 6.07) is 8.07. The first kappa shape index (κ1) is 18.4. The van der Waals surface area contributed by atoms with Gasteiger partial charge in [0.25, 0.3) is 0 Å². The summed E-state index contributed by atoms with van der Waals surface area (Å²) in [7, 11) is 0. The molecule has 0 spiro atoms. The van der Waals surface area contributed by atoms with Crippen LogP contribution in [0.2, 0.25) is 0 Å². The van der Waals surface area contributed by atoms with Gasteiger partial charge in [0.05, 0.1) is 18.4 Å². The lowest BCUT2D eigenvalue weighted by Gasteiger charge is -2.16. The maximum absolute atomic E-state index is 13.3.